The van der Waals surface area contributed by atoms with Crippen molar-refractivity contribution in [2.24, 2.45) is 7.05 Å². The molecule has 0 saturated carbocycles. The molecular weight excluding hydrogens is 673 g/mol. The smallest absolute Gasteiger partial charge is 0.356 e. The topological polar surface area (TPSA) is 146 Å². The third kappa shape index (κ3) is 6.25. The maximum atomic E-state index is 14.3. The van der Waals surface area contributed by atoms with Gasteiger partial charge in [-0.05, 0) is 46.2 Å². The average molecular weight is 705 g/mol. The number of hydrogen-bond acceptors (Lipinski definition) is 12. The van der Waals surface area contributed by atoms with Gasteiger partial charge in [-0.2, -0.15) is 0 Å². The Hall–Kier alpha value is -4.44. The first-order valence-corrected chi connectivity index (χ1v) is 18.3. The number of amides is 1. The standard InChI is InChI=1S/C33H32N6O6S3/c1-22(48(42,43)26-17-11-6-12-18-26)19-34-33(44-3)30(41)39-27(25(20-46-31(33)39)21-47-32-35-36-37-38(32)2)29(40)45-28(23-13-7-4-8-14-23)24-15-9-5-10-16-24/h4-19,28,31,34H,20-21H2,1-3H3/b22-19+/t31-,33+/m1/s1. The number of fused-ring (bicyclic) bond motifs is 1. The maximum absolute atomic E-state index is 14.3. The van der Waals surface area contributed by atoms with Crippen LogP contribution in [0, 0.1) is 0 Å². The van der Waals surface area contributed by atoms with Crippen LogP contribution in [0.3, 0.4) is 0 Å². The molecule has 1 saturated heterocycles. The number of hydrogen-bond donors (Lipinski definition) is 1. The third-order valence-electron chi connectivity index (χ3n) is 7.98. The highest BCUT2D eigenvalue weighted by atomic mass is 32.2. The number of sulfone groups is 1. The normalized spacial score (nSPS) is 19.6. The van der Waals surface area contributed by atoms with Gasteiger partial charge >= 0.3 is 5.97 Å². The summed E-state index contributed by atoms with van der Waals surface area (Å²) < 4.78 is 39.9. The van der Waals surface area contributed by atoms with E-state index in [1.165, 1.54) is 65.5 Å². The van der Waals surface area contributed by atoms with E-state index < -0.39 is 38.9 Å². The zero-order valence-electron chi connectivity index (χ0n) is 26.2. The number of carbonyl (C=O) groups is 2. The van der Waals surface area contributed by atoms with Gasteiger partial charge in [0.25, 0.3) is 5.91 Å². The van der Waals surface area contributed by atoms with E-state index in [2.05, 4.69) is 20.8 Å². The van der Waals surface area contributed by atoms with Crippen molar-refractivity contribution in [1.82, 2.24) is 30.4 Å². The second-order valence-corrected chi connectivity index (χ2v) is 15.1. The molecule has 2 atom stereocenters. The van der Waals surface area contributed by atoms with Crippen molar-refractivity contribution < 1.29 is 27.5 Å². The van der Waals surface area contributed by atoms with Gasteiger partial charge in [-0.3, -0.25) is 9.69 Å². The summed E-state index contributed by atoms with van der Waals surface area (Å²) in [5.74, 6) is -0.572. The molecule has 6 rings (SSSR count). The summed E-state index contributed by atoms with van der Waals surface area (Å²) in [5, 5.41) is 14.4. The minimum Gasteiger partial charge on any atom is -0.448 e. The first-order chi connectivity index (χ1) is 23.2. The Bertz CT molecular complexity index is 1930. The van der Waals surface area contributed by atoms with Gasteiger partial charge in [0.15, 0.2) is 6.10 Å². The Balaban J connectivity index is 1.33. The molecule has 1 aromatic heterocycles. The van der Waals surface area contributed by atoms with Gasteiger partial charge in [-0.1, -0.05) is 90.6 Å². The van der Waals surface area contributed by atoms with E-state index in [1.54, 1.807) is 25.2 Å². The zero-order chi connectivity index (χ0) is 33.9. The second-order valence-electron chi connectivity index (χ2n) is 10.9. The predicted molar refractivity (Wildman–Crippen MR) is 181 cm³/mol. The van der Waals surface area contributed by atoms with Crippen molar-refractivity contribution in [3.8, 4) is 0 Å². The maximum Gasteiger partial charge on any atom is 0.356 e. The molecule has 12 nitrogen and oxygen atoms in total. The monoisotopic (exact) mass is 704 g/mol. The zero-order valence-corrected chi connectivity index (χ0v) is 28.7. The molecular formula is C33H32N6O6S3. The number of carbonyl (C=O) groups excluding carboxylic acids is 2. The highest BCUT2D eigenvalue weighted by Gasteiger charge is 2.66. The van der Waals surface area contributed by atoms with E-state index in [-0.39, 0.29) is 15.5 Å². The van der Waals surface area contributed by atoms with Crippen molar-refractivity contribution in [2.45, 2.75) is 34.2 Å². The van der Waals surface area contributed by atoms with E-state index in [1.807, 2.05) is 60.7 Å². The van der Waals surface area contributed by atoms with Gasteiger partial charge in [-0.25, -0.2) is 17.9 Å². The highest BCUT2D eigenvalue weighted by molar-refractivity contribution is 8.01. The minimum atomic E-state index is -3.83. The predicted octanol–water partition coefficient (Wildman–Crippen LogP) is 4.07. The number of tetrazole rings is 1. The number of benzene rings is 3. The van der Waals surface area contributed by atoms with E-state index in [9.17, 15) is 18.0 Å². The molecule has 1 N–H and O–H groups in total. The van der Waals surface area contributed by atoms with E-state index in [0.29, 0.717) is 22.2 Å². The highest BCUT2D eigenvalue weighted by Crippen LogP contribution is 2.48. The fraction of sp³-hybridized carbons (Fsp3) is 0.242. The molecule has 0 spiro atoms. The van der Waals surface area contributed by atoms with Crippen LogP contribution >= 0.6 is 23.5 Å². The number of methoxy groups -OCH3 is 1. The lowest BCUT2D eigenvalue weighted by Crippen LogP contribution is -2.79. The van der Waals surface area contributed by atoms with E-state index in [4.69, 9.17) is 9.47 Å². The molecule has 2 aliphatic rings. The number of nitrogens with one attached hydrogen (secondary N) is 1. The average Bonchev–Trinajstić information content (AvgIpc) is 3.54. The van der Waals surface area contributed by atoms with Crippen LogP contribution in [-0.2, 0) is 35.9 Å². The summed E-state index contributed by atoms with van der Waals surface area (Å²) in [4.78, 5) is 29.9. The molecule has 248 valence electrons. The summed E-state index contributed by atoms with van der Waals surface area (Å²) in [7, 11) is -0.742. The largest absolute Gasteiger partial charge is 0.448 e. The van der Waals surface area contributed by atoms with Gasteiger partial charge in [0.05, 0.1) is 9.80 Å². The quantitative estimate of drug-likeness (QED) is 0.0982. The molecule has 0 unspecified atom stereocenters. The summed E-state index contributed by atoms with van der Waals surface area (Å²) in [6.07, 6.45) is 0.532. The number of β-lactam (4-membered cyclic amide) rings is 1. The number of esters is 1. The molecule has 1 amide bonds. The van der Waals surface area contributed by atoms with Crippen LogP contribution in [0.15, 0.2) is 123 Å². The molecule has 0 aliphatic carbocycles. The summed E-state index contributed by atoms with van der Waals surface area (Å²) in [5.41, 5.74) is 0.668. The summed E-state index contributed by atoms with van der Waals surface area (Å²) >= 11 is 2.72. The second kappa shape index (κ2) is 14.0. The van der Waals surface area contributed by atoms with Gasteiger partial charge in [0.2, 0.25) is 20.7 Å². The van der Waals surface area contributed by atoms with Crippen LogP contribution < -0.4 is 5.32 Å². The lowest BCUT2D eigenvalue weighted by molar-refractivity contribution is -0.189. The summed E-state index contributed by atoms with van der Waals surface area (Å²) in [6, 6.07) is 26.8. The number of thioether (sulfide) groups is 2. The molecule has 3 aromatic carbocycles. The van der Waals surface area contributed by atoms with Gasteiger partial charge in [0, 0.05) is 31.9 Å². The van der Waals surface area contributed by atoms with Crippen molar-refractivity contribution in [2.75, 3.05) is 18.6 Å². The lowest BCUT2D eigenvalue weighted by Gasteiger charge is -2.56. The van der Waals surface area contributed by atoms with Gasteiger partial charge in [-0.15, -0.1) is 16.9 Å². The Morgan fingerprint density at radius 3 is 2.23 bits per heavy atom. The Morgan fingerprint density at radius 1 is 1.06 bits per heavy atom. The number of rotatable bonds is 12. The van der Waals surface area contributed by atoms with Crippen molar-refractivity contribution in [1.29, 1.82) is 0 Å². The molecule has 0 radical (unpaired) electrons. The molecule has 0 bridgehead atoms. The number of allylic oxidation sites excluding steroid dienone is 1. The third-order valence-corrected chi connectivity index (χ3v) is 12.3. The Morgan fingerprint density at radius 2 is 1.67 bits per heavy atom. The number of aromatic nitrogens is 4. The molecule has 2 aliphatic heterocycles. The molecule has 15 heteroatoms. The SMILES string of the molecule is CO[C@@]1(N/C=C(\C)S(=O)(=O)c2ccccc2)C(=O)N2C(C(=O)OC(c3ccccc3)c3ccccc3)=C(CSc3nnnn3C)CS[C@@H]21. The van der Waals surface area contributed by atoms with Crippen LogP contribution in [0.2, 0.25) is 0 Å². The lowest BCUT2D eigenvalue weighted by atomic mass is 9.98. The number of aryl methyl sites for hydroxylation is 1. The summed E-state index contributed by atoms with van der Waals surface area (Å²) in [6.45, 7) is 1.44. The van der Waals surface area contributed by atoms with Gasteiger partial charge in [0.1, 0.15) is 11.1 Å². The number of nitrogens with zero attached hydrogens (tertiary/aromatic N) is 5. The minimum absolute atomic E-state index is 0.00435. The van der Waals surface area contributed by atoms with Crippen LogP contribution in [0.4, 0.5) is 0 Å². The molecule has 3 heterocycles. The molecule has 1 fully saturated rings. The Kier molecular flexibility index (Phi) is 9.73. The Labute approximate surface area is 286 Å². The fourth-order valence-corrected chi connectivity index (χ4v) is 8.92. The van der Waals surface area contributed by atoms with Gasteiger partial charge < -0.3 is 14.8 Å². The molecule has 48 heavy (non-hydrogen) atoms. The van der Waals surface area contributed by atoms with Crippen LogP contribution in [0.25, 0.3) is 0 Å². The van der Waals surface area contributed by atoms with Crippen molar-refractivity contribution in [3.63, 3.8) is 0 Å². The van der Waals surface area contributed by atoms with Crippen LogP contribution in [0.1, 0.15) is 24.2 Å². The first kappa shape index (κ1) is 33.5. The fourth-order valence-electron chi connectivity index (χ4n) is 5.38. The van der Waals surface area contributed by atoms with Crippen molar-refractivity contribution in [3.05, 3.63) is 124 Å². The van der Waals surface area contributed by atoms with Crippen LogP contribution in [-0.4, -0.2) is 75.1 Å². The van der Waals surface area contributed by atoms with E-state index >= 15 is 0 Å². The van der Waals surface area contributed by atoms with E-state index in [0.717, 1.165) is 11.1 Å². The molecule has 4 aromatic rings. The first-order valence-electron chi connectivity index (χ1n) is 14.8. The number of ether oxygens (including phenoxy) is 2. The van der Waals surface area contributed by atoms with Crippen LogP contribution in [0.5, 0.6) is 0 Å². The van der Waals surface area contributed by atoms with Crippen molar-refractivity contribution >= 4 is 45.2 Å².